The zero-order chi connectivity index (χ0) is 17.3. The highest BCUT2D eigenvalue weighted by atomic mass is 16.5. The van der Waals surface area contributed by atoms with Gasteiger partial charge in [-0.25, -0.2) is 0 Å². The van der Waals surface area contributed by atoms with Crippen LogP contribution < -0.4 is 4.74 Å². The predicted molar refractivity (Wildman–Crippen MR) is 102 cm³/mol. The molecule has 128 valence electrons. The first kappa shape index (κ1) is 17.2. The second kappa shape index (κ2) is 9.05. The predicted octanol–water partition coefficient (Wildman–Crippen LogP) is 5.59. The van der Waals surface area contributed by atoms with Gasteiger partial charge in [0, 0.05) is 5.56 Å². The summed E-state index contributed by atoms with van der Waals surface area (Å²) < 4.78 is 11.8. The van der Waals surface area contributed by atoms with Crippen molar-refractivity contribution in [3.05, 3.63) is 102 Å². The smallest absolute Gasteiger partial charge is 0.124 e. The Labute approximate surface area is 150 Å². The normalized spacial score (nSPS) is 11.9. The first-order valence-corrected chi connectivity index (χ1v) is 8.69. The summed E-state index contributed by atoms with van der Waals surface area (Å²) in [6, 6.07) is 29.0. The Morgan fingerprint density at radius 1 is 0.720 bits per heavy atom. The van der Waals surface area contributed by atoms with E-state index in [1.165, 1.54) is 11.1 Å². The lowest BCUT2D eigenvalue weighted by molar-refractivity contribution is 0.0325. The van der Waals surface area contributed by atoms with E-state index < -0.39 is 0 Å². The largest absolute Gasteiger partial charge is 0.496 e. The third kappa shape index (κ3) is 4.94. The second-order valence-corrected chi connectivity index (χ2v) is 6.05. The van der Waals surface area contributed by atoms with Gasteiger partial charge < -0.3 is 9.47 Å². The maximum absolute atomic E-state index is 6.30. The molecule has 1 unspecified atom stereocenters. The number of benzene rings is 3. The lowest BCUT2D eigenvalue weighted by atomic mass is 10.00. The molecule has 0 amide bonds. The summed E-state index contributed by atoms with van der Waals surface area (Å²) in [4.78, 5) is 0. The summed E-state index contributed by atoms with van der Waals surface area (Å²) in [5, 5.41) is 0. The number of aryl methyl sites for hydroxylation is 1. The number of para-hydroxylation sites is 1. The molecule has 3 aromatic carbocycles. The molecule has 0 saturated heterocycles. The molecule has 25 heavy (non-hydrogen) atoms. The highest BCUT2D eigenvalue weighted by Crippen LogP contribution is 2.31. The molecule has 0 bridgehead atoms. The molecule has 0 aliphatic carbocycles. The van der Waals surface area contributed by atoms with Gasteiger partial charge in [0.1, 0.15) is 5.75 Å². The minimum absolute atomic E-state index is 0.00318. The molecular formula is C23H24O2. The van der Waals surface area contributed by atoms with E-state index in [9.17, 15) is 0 Å². The third-order valence-corrected chi connectivity index (χ3v) is 4.32. The van der Waals surface area contributed by atoms with Crippen molar-refractivity contribution in [1.82, 2.24) is 0 Å². The zero-order valence-corrected chi connectivity index (χ0v) is 14.6. The molecule has 0 aliphatic heterocycles. The van der Waals surface area contributed by atoms with Gasteiger partial charge in [-0.2, -0.15) is 0 Å². The number of hydrogen-bond acceptors (Lipinski definition) is 2. The molecule has 0 heterocycles. The quantitative estimate of drug-likeness (QED) is 0.535. The molecule has 1 atom stereocenters. The van der Waals surface area contributed by atoms with Gasteiger partial charge in [0.05, 0.1) is 19.8 Å². The molecule has 0 radical (unpaired) electrons. The van der Waals surface area contributed by atoms with E-state index in [1.54, 1.807) is 7.11 Å². The molecule has 3 aromatic rings. The van der Waals surface area contributed by atoms with E-state index in [-0.39, 0.29) is 6.10 Å². The Hall–Kier alpha value is -2.58. The van der Waals surface area contributed by atoms with Crippen molar-refractivity contribution in [2.24, 2.45) is 0 Å². The minimum Gasteiger partial charge on any atom is -0.496 e. The zero-order valence-electron chi connectivity index (χ0n) is 14.6. The summed E-state index contributed by atoms with van der Waals surface area (Å²) in [5.41, 5.74) is 3.62. The van der Waals surface area contributed by atoms with E-state index in [4.69, 9.17) is 9.47 Å². The van der Waals surface area contributed by atoms with Gasteiger partial charge in [-0.15, -0.1) is 0 Å². The first-order chi connectivity index (χ1) is 12.4. The van der Waals surface area contributed by atoms with Crippen molar-refractivity contribution < 1.29 is 9.47 Å². The highest BCUT2D eigenvalue weighted by molar-refractivity contribution is 5.35. The SMILES string of the molecule is COc1ccccc1C(CCc1ccccc1)OCc1ccccc1. The summed E-state index contributed by atoms with van der Waals surface area (Å²) in [6.07, 6.45) is 1.88. The summed E-state index contributed by atoms with van der Waals surface area (Å²) >= 11 is 0. The van der Waals surface area contributed by atoms with Gasteiger partial charge >= 0.3 is 0 Å². The van der Waals surface area contributed by atoms with Gasteiger partial charge in [0.2, 0.25) is 0 Å². The van der Waals surface area contributed by atoms with Crippen molar-refractivity contribution in [2.45, 2.75) is 25.6 Å². The van der Waals surface area contributed by atoms with Crippen LogP contribution in [0.2, 0.25) is 0 Å². The molecule has 0 N–H and O–H groups in total. The number of methoxy groups -OCH3 is 1. The fourth-order valence-electron chi connectivity index (χ4n) is 2.97. The van der Waals surface area contributed by atoms with Crippen LogP contribution in [0.4, 0.5) is 0 Å². The van der Waals surface area contributed by atoms with Gasteiger partial charge in [-0.3, -0.25) is 0 Å². The Morgan fingerprint density at radius 2 is 1.32 bits per heavy atom. The van der Waals surface area contributed by atoms with Crippen molar-refractivity contribution in [3.63, 3.8) is 0 Å². The molecular weight excluding hydrogens is 308 g/mol. The minimum atomic E-state index is -0.00318. The first-order valence-electron chi connectivity index (χ1n) is 8.69. The van der Waals surface area contributed by atoms with Crippen LogP contribution in [0.25, 0.3) is 0 Å². The van der Waals surface area contributed by atoms with Crippen LogP contribution in [0.15, 0.2) is 84.9 Å². The number of hydrogen-bond donors (Lipinski definition) is 0. The summed E-state index contributed by atoms with van der Waals surface area (Å²) in [6.45, 7) is 0.596. The molecule has 0 aromatic heterocycles. The maximum Gasteiger partial charge on any atom is 0.124 e. The van der Waals surface area contributed by atoms with Crippen LogP contribution in [-0.4, -0.2) is 7.11 Å². The van der Waals surface area contributed by atoms with Crippen molar-refractivity contribution >= 4 is 0 Å². The Morgan fingerprint density at radius 3 is 2.00 bits per heavy atom. The monoisotopic (exact) mass is 332 g/mol. The van der Waals surface area contributed by atoms with Crippen LogP contribution >= 0.6 is 0 Å². The van der Waals surface area contributed by atoms with E-state index >= 15 is 0 Å². The fraction of sp³-hybridized carbons (Fsp3) is 0.217. The fourth-order valence-corrected chi connectivity index (χ4v) is 2.97. The van der Waals surface area contributed by atoms with Gasteiger partial charge in [0.15, 0.2) is 0 Å². The maximum atomic E-state index is 6.30. The second-order valence-electron chi connectivity index (χ2n) is 6.05. The van der Waals surface area contributed by atoms with Gasteiger partial charge in [0.25, 0.3) is 0 Å². The standard InChI is InChI=1S/C23H24O2/c1-24-22-15-9-8-14-21(22)23(17-16-19-10-4-2-5-11-19)25-18-20-12-6-3-7-13-20/h2-15,23H,16-18H2,1H3. The molecule has 2 nitrogen and oxygen atoms in total. The molecule has 0 aliphatic rings. The van der Waals surface area contributed by atoms with E-state index in [2.05, 4.69) is 42.5 Å². The highest BCUT2D eigenvalue weighted by Gasteiger charge is 2.17. The molecule has 2 heteroatoms. The Bertz CT molecular complexity index is 710. The van der Waals surface area contributed by atoms with Crippen molar-refractivity contribution in [1.29, 1.82) is 0 Å². The van der Waals surface area contributed by atoms with Crippen LogP contribution in [0, 0.1) is 0 Å². The summed E-state index contributed by atoms with van der Waals surface area (Å²) in [5.74, 6) is 0.883. The van der Waals surface area contributed by atoms with Crippen LogP contribution in [0.1, 0.15) is 29.2 Å². The molecule has 0 fully saturated rings. The average molecular weight is 332 g/mol. The average Bonchev–Trinajstić information content (AvgIpc) is 2.70. The van der Waals surface area contributed by atoms with Gasteiger partial charge in [-0.1, -0.05) is 78.9 Å². The van der Waals surface area contributed by atoms with E-state index in [0.717, 1.165) is 24.2 Å². The number of rotatable bonds is 8. The van der Waals surface area contributed by atoms with Crippen LogP contribution in [-0.2, 0) is 17.8 Å². The summed E-state index contributed by atoms with van der Waals surface area (Å²) in [7, 11) is 1.71. The number of ether oxygens (including phenoxy) is 2. The van der Waals surface area contributed by atoms with E-state index in [1.807, 2.05) is 42.5 Å². The van der Waals surface area contributed by atoms with Crippen LogP contribution in [0.3, 0.4) is 0 Å². The molecule has 0 saturated carbocycles. The lowest BCUT2D eigenvalue weighted by Gasteiger charge is -2.21. The van der Waals surface area contributed by atoms with Crippen LogP contribution in [0.5, 0.6) is 5.75 Å². The van der Waals surface area contributed by atoms with Crippen molar-refractivity contribution in [2.75, 3.05) is 7.11 Å². The Balaban J connectivity index is 1.75. The lowest BCUT2D eigenvalue weighted by Crippen LogP contribution is -2.08. The molecule has 0 spiro atoms. The third-order valence-electron chi connectivity index (χ3n) is 4.32. The van der Waals surface area contributed by atoms with Crippen molar-refractivity contribution in [3.8, 4) is 5.75 Å². The molecule has 3 rings (SSSR count). The van der Waals surface area contributed by atoms with E-state index in [0.29, 0.717) is 6.61 Å². The topological polar surface area (TPSA) is 18.5 Å². The Kier molecular flexibility index (Phi) is 6.24. The van der Waals surface area contributed by atoms with Gasteiger partial charge in [-0.05, 0) is 30.0 Å².